The number of pyridine rings is 1. The van der Waals surface area contributed by atoms with Gasteiger partial charge in [-0.2, -0.15) is 0 Å². The summed E-state index contributed by atoms with van der Waals surface area (Å²) in [5, 5.41) is 6.04. The Morgan fingerprint density at radius 1 is 1.03 bits per heavy atom. The molecule has 3 heterocycles. The summed E-state index contributed by atoms with van der Waals surface area (Å²) >= 11 is 0. The van der Waals surface area contributed by atoms with E-state index >= 15 is 0 Å². The lowest BCUT2D eigenvalue weighted by Gasteiger charge is -2.44. The predicted octanol–water partition coefficient (Wildman–Crippen LogP) is 4.65. The minimum absolute atomic E-state index is 0.0546. The van der Waals surface area contributed by atoms with Crippen LogP contribution in [0, 0.1) is 5.92 Å². The summed E-state index contributed by atoms with van der Waals surface area (Å²) < 4.78 is 1.91. The number of hydrogen-bond donors (Lipinski definition) is 2. The largest absolute Gasteiger partial charge is 0.369 e. The average molecular weight is 511 g/mol. The summed E-state index contributed by atoms with van der Waals surface area (Å²) in [5.74, 6) is 0.135. The van der Waals surface area contributed by atoms with E-state index in [0.717, 1.165) is 42.9 Å². The van der Waals surface area contributed by atoms with E-state index in [-0.39, 0.29) is 29.3 Å². The molecule has 38 heavy (non-hydrogen) atoms. The quantitative estimate of drug-likeness (QED) is 0.453. The van der Waals surface area contributed by atoms with Gasteiger partial charge in [0.1, 0.15) is 0 Å². The van der Waals surface area contributed by atoms with Gasteiger partial charge in [0.15, 0.2) is 0 Å². The number of piperidine rings is 1. The molecule has 7 nitrogen and oxygen atoms in total. The lowest BCUT2D eigenvalue weighted by molar-refractivity contribution is -0.111. The summed E-state index contributed by atoms with van der Waals surface area (Å²) in [4.78, 5) is 40.6. The third kappa shape index (κ3) is 5.57. The van der Waals surface area contributed by atoms with Crippen LogP contribution < -0.4 is 21.1 Å². The molecule has 2 aliphatic rings. The third-order valence-corrected chi connectivity index (χ3v) is 7.55. The van der Waals surface area contributed by atoms with Crippen molar-refractivity contribution in [2.45, 2.75) is 45.2 Å². The number of hydrogen-bond acceptors (Lipinski definition) is 4. The van der Waals surface area contributed by atoms with Crippen LogP contribution in [0.5, 0.6) is 0 Å². The van der Waals surface area contributed by atoms with Crippen LogP contribution in [0.15, 0.2) is 77.6 Å². The zero-order chi connectivity index (χ0) is 26.6. The summed E-state index contributed by atoms with van der Waals surface area (Å²) in [6.45, 7) is 6.20. The molecule has 0 radical (unpaired) electrons. The topological polar surface area (TPSA) is 83.4 Å². The summed E-state index contributed by atoms with van der Waals surface area (Å²) in [5.41, 5.74) is 4.05. The van der Waals surface area contributed by atoms with Gasteiger partial charge in [-0.1, -0.05) is 43.3 Å². The first-order valence-electron chi connectivity index (χ1n) is 13.3. The molecule has 3 atom stereocenters. The van der Waals surface area contributed by atoms with Crippen molar-refractivity contribution in [2.24, 2.45) is 5.92 Å². The highest BCUT2D eigenvalue weighted by Crippen LogP contribution is 2.39. The highest BCUT2D eigenvalue weighted by molar-refractivity contribution is 6.05. The molecule has 2 amide bonds. The Morgan fingerprint density at radius 2 is 1.84 bits per heavy atom. The fourth-order valence-corrected chi connectivity index (χ4v) is 5.47. The second-order valence-electron chi connectivity index (χ2n) is 10.4. The molecule has 2 N–H and O–H groups in total. The van der Waals surface area contributed by atoms with Gasteiger partial charge in [-0.25, -0.2) is 0 Å². The molecule has 196 valence electrons. The molecule has 0 saturated carbocycles. The number of carbonyl (C=O) groups is 2. The minimum atomic E-state index is -0.260. The van der Waals surface area contributed by atoms with E-state index in [2.05, 4.69) is 15.5 Å². The van der Waals surface area contributed by atoms with Crippen LogP contribution in [0.1, 0.15) is 54.2 Å². The van der Waals surface area contributed by atoms with E-state index in [9.17, 15) is 14.4 Å². The highest BCUT2D eigenvalue weighted by Gasteiger charge is 2.35. The van der Waals surface area contributed by atoms with E-state index < -0.39 is 0 Å². The number of rotatable bonds is 7. The Bertz CT molecular complexity index is 1410. The first kappa shape index (κ1) is 25.5. The van der Waals surface area contributed by atoms with Crippen LogP contribution in [-0.2, 0) is 11.3 Å². The number of fused-ring (bicyclic) bond motifs is 4. The Labute approximate surface area is 223 Å². The Morgan fingerprint density at radius 3 is 2.63 bits per heavy atom. The SMILES string of the molecule is CCC(C)NC(=O)c1ccc(N2CC3CC(C2)c2cccc(=O)n2C3)c(NC(=O)C=Cc2ccccc2)c1. The van der Waals surface area contributed by atoms with Crippen LogP contribution in [0.3, 0.4) is 0 Å². The summed E-state index contributed by atoms with van der Waals surface area (Å²) in [6.07, 6.45) is 5.16. The van der Waals surface area contributed by atoms with E-state index in [1.165, 1.54) is 6.08 Å². The number of carbonyl (C=O) groups excluding carboxylic acids is 2. The van der Waals surface area contributed by atoms with Gasteiger partial charge in [0.2, 0.25) is 5.91 Å². The number of aromatic nitrogens is 1. The Balaban J connectivity index is 1.44. The maximum atomic E-state index is 13.0. The van der Waals surface area contributed by atoms with Crippen molar-refractivity contribution in [1.29, 1.82) is 0 Å². The van der Waals surface area contributed by atoms with Gasteiger partial charge in [0.05, 0.1) is 11.4 Å². The lowest BCUT2D eigenvalue weighted by atomic mass is 9.83. The lowest BCUT2D eigenvalue weighted by Crippen LogP contribution is -2.47. The monoisotopic (exact) mass is 510 g/mol. The molecule has 0 aliphatic carbocycles. The van der Waals surface area contributed by atoms with E-state index in [1.54, 1.807) is 18.2 Å². The summed E-state index contributed by atoms with van der Waals surface area (Å²) in [6, 6.07) is 20.7. The smallest absolute Gasteiger partial charge is 0.251 e. The van der Waals surface area contributed by atoms with E-state index in [1.807, 2.05) is 73.0 Å². The van der Waals surface area contributed by atoms with Crippen molar-refractivity contribution in [1.82, 2.24) is 9.88 Å². The number of anilines is 2. The molecular weight excluding hydrogens is 476 g/mol. The molecule has 0 spiro atoms. The number of nitrogens with one attached hydrogen (secondary N) is 2. The normalized spacial score (nSPS) is 19.1. The van der Waals surface area contributed by atoms with Crippen molar-refractivity contribution < 1.29 is 9.59 Å². The van der Waals surface area contributed by atoms with E-state index in [0.29, 0.717) is 23.7 Å². The van der Waals surface area contributed by atoms with Crippen LogP contribution in [-0.4, -0.2) is 35.5 Å². The van der Waals surface area contributed by atoms with Crippen molar-refractivity contribution in [3.05, 3.63) is 100.0 Å². The Kier molecular flexibility index (Phi) is 7.45. The third-order valence-electron chi connectivity index (χ3n) is 7.55. The van der Waals surface area contributed by atoms with Gasteiger partial charge in [-0.05, 0) is 61.6 Å². The number of benzene rings is 2. The fraction of sp³-hybridized carbons (Fsp3) is 0.323. The van der Waals surface area contributed by atoms with Gasteiger partial charge < -0.3 is 20.1 Å². The molecule has 1 saturated heterocycles. The van der Waals surface area contributed by atoms with Gasteiger partial charge in [-0.15, -0.1) is 0 Å². The highest BCUT2D eigenvalue weighted by atomic mass is 16.2. The standard InChI is InChI=1S/C31H34N4O3/c1-3-21(2)32-31(38)24-13-14-28(26(17-24)33-29(36)15-12-22-8-5-4-6-9-22)34-18-23-16-25(20-34)27-10-7-11-30(37)35(27)19-23/h4-15,17,21,23,25H,3,16,18-20H2,1-2H3,(H,32,38)(H,33,36). The van der Waals surface area contributed by atoms with Crippen LogP contribution in [0.25, 0.3) is 6.08 Å². The molecule has 2 aliphatic heterocycles. The fourth-order valence-electron chi connectivity index (χ4n) is 5.47. The van der Waals surface area contributed by atoms with Gasteiger partial charge in [-0.3, -0.25) is 14.4 Å². The van der Waals surface area contributed by atoms with Crippen LogP contribution in [0.2, 0.25) is 0 Å². The number of nitrogens with zero attached hydrogens (tertiary/aromatic N) is 2. The van der Waals surface area contributed by atoms with Crippen molar-refractivity contribution in [2.75, 3.05) is 23.3 Å². The van der Waals surface area contributed by atoms with Crippen molar-refractivity contribution in [3.63, 3.8) is 0 Å². The second kappa shape index (κ2) is 11.1. The predicted molar refractivity (Wildman–Crippen MR) is 152 cm³/mol. The molecule has 2 aromatic carbocycles. The van der Waals surface area contributed by atoms with E-state index in [4.69, 9.17) is 0 Å². The molecule has 7 heteroatoms. The van der Waals surface area contributed by atoms with Gasteiger partial charge >= 0.3 is 0 Å². The zero-order valence-corrected chi connectivity index (χ0v) is 21.9. The molecule has 3 aromatic rings. The molecule has 1 aromatic heterocycles. The first-order valence-corrected chi connectivity index (χ1v) is 13.3. The maximum Gasteiger partial charge on any atom is 0.251 e. The molecule has 3 unspecified atom stereocenters. The molecular formula is C31H34N4O3. The minimum Gasteiger partial charge on any atom is -0.369 e. The molecule has 2 bridgehead atoms. The van der Waals surface area contributed by atoms with Crippen LogP contribution >= 0.6 is 0 Å². The Hall–Kier alpha value is -4.13. The van der Waals surface area contributed by atoms with Crippen LogP contribution in [0.4, 0.5) is 11.4 Å². The average Bonchev–Trinajstić information content (AvgIpc) is 2.93. The zero-order valence-electron chi connectivity index (χ0n) is 21.9. The van der Waals surface area contributed by atoms with Crippen molar-refractivity contribution in [3.8, 4) is 0 Å². The second-order valence-corrected chi connectivity index (χ2v) is 10.4. The first-order chi connectivity index (χ1) is 18.4. The summed E-state index contributed by atoms with van der Waals surface area (Å²) in [7, 11) is 0. The van der Waals surface area contributed by atoms with Gasteiger partial charge in [0.25, 0.3) is 11.5 Å². The molecule has 1 fully saturated rings. The number of amides is 2. The molecule has 5 rings (SSSR count). The maximum absolute atomic E-state index is 13.0. The van der Waals surface area contributed by atoms with Crippen molar-refractivity contribution >= 4 is 29.3 Å². The van der Waals surface area contributed by atoms with Gasteiger partial charge in [0, 0.05) is 55.0 Å².